The van der Waals surface area contributed by atoms with E-state index in [0.717, 1.165) is 11.3 Å². The first-order valence-electron chi connectivity index (χ1n) is 13.1. The van der Waals surface area contributed by atoms with Crippen molar-refractivity contribution in [2.24, 2.45) is 0 Å². The second-order valence-electron chi connectivity index (χ2n) is 8.70. The van der Waals surface area contributed by atoms with E-state index in [4.69, 9.17) is 25.4 Å². The highest BCUT2D eigenvalue weighted by Gasteiger charge is 2.36. The molecule has 9 heteroatoms. The van der Waals surface area contributed by atoms with Crippen LogP contribution in [-0.4, -0.2) is 49.2 Å². The summed E-state index contributed by atoms with van der Waals surface area (Å²) in [6.07, 6.45) is 9.75. The predicted molar refractivity (Wildman–Crippen MR) is 151 cm³/mol. The van der Waals surface area contributed by atoms with Gasteiger partial charge in [-0.3, -0.25) is 19.8 Å². The van der Waals surface area contributed by atoms with E-state index in [-0.39, 0.29) is 18.7 Å². The van der Waals surface area contributed by atoms with E-state index in [0.29, 0.717) is 65.9 Å². The molecule has 4 amide bonds. The summed E-state index contributed by atoms with van der Waals surface area (Å²) in [6, 6.07) is 7.81. The molecule has 1 aliphatic rings. The zero-order valence-corrected chi connectivity index (χ0v) is 23.1. The van der Waals surface area contributed by atoms with Gasteiger partial charge in [-0.25, -0.2) is 4.79 Å². The number of benzene rings is 2. The van der Waals surface area contributed by atoms with Gasteiger partial charge in [0, 0.05) is 5.56 Å². The fraction of sp³-hybridized carbons (Fsp3) is 0.323. The lowest BCUT2D eigenvalue weighted by molar-refractivity contribution is -0.130. The van der Waals surface area contributed by atoms with E-state index in [1.54, 1.807) is 36.4 Å². The first kappa shape index (κ1) is 29.8. The molecule has 0 aliphatic carbocycles. The highest BCUT2D eigenvalue weighted by atomic mass is 16.5. The third kappa shape index (κ3) is 7.23. The Kier molecular flexibility index (Phi) is 10.8. The van der Waals surface area contributed by atoms with Crippen molar-refractivity contribution >= 4 is 23.9 Å². The highest BCUT2D eigenvalue weighted by Crippen LogP contribution is 2.35. The number of nitrogens with zero attached hydrogens (tertiary/aromatic N) is 1. The number of urea groups is 1. The molecule has 0 unspecified atom stereocenters. The van der Waals surface area contributed by atoms with Gasteiger partial charge in [0.2, 0.25) is 0 Å². The summed E-state index contributed by atoms with van der Waals surface area (Å²) in [6.45, 7) is 10.7. The SMILES string of the molecule is C#CCOc1c(CC=C)cc(/C=C2\C(=O)NC(=O)N(Cc3ccc(OCCC)c(OCC)c3)C2=O)cc1OCC. The average molecular weight is 547 g/mol. The van der Waals surface area contributed by atoms with Crippen LogP contribution >= 0.6 is 0 Å². The molecule has 0 spiro atoms. The number of terminal acetylenes is 1. The summed E-state index contributed by atoms with van der Waals surface area (Å²) >= 11 is 0. The Morgan fingerprint density at radius 1 is 0.975 bits per heavy atom. The Balaban J connectivity index is 1.96. The van der Waals surface area contributed by atoms with Crippen LogP contribution in [0.4, 0.5) is 4.79 Å². The number of carbonyl (C=O) groups excluding carboxylic acids is 3. The molecule has 0 saturated carbocycles. The molecule has 9 nitrogen and oxygen atoms in total. The minimum absolute atomic E-state index is 0.0410. The normalized spacial score (nSPS) is 14.0. The van der Waals surface area contributed by atoms with Gasteiger partial charge < -0.3 is 18.9 Å². The minimum atomic E-state index is -0.809. The number of rotatable bonds is 14. The second-order valence-corrected chi connectivity index (χ2v) is 8.70. The lowest BCUT2D eigenvalue weighted by Gasteiger charge is -2.27. The molecule has 1 heterocycles. The molecular weight excluding hydrogens is 512 g/mol. The van der Waals surface area contributed by atoms with E-state index < -0.39 is 17.8 Å². The molecule has 0 radical (unpaired) electrons. The van der Waals surface area contributed by atoms with Gasteiger partial charge in [-0.1, -0.05) is 25.0 Å². The van der Waals surface area contributed by atoms with Gasteiger partial charge in [0.15, 0.2) is 23.0 Å². The lowest BCUT2D eigenvalue weighted by Crippen LogP contribution is -2.53. The van der Waals surface area contributed by atoms with Crippen molar-refractivity contribution in [1.29, 1.82) is 0 Å². The number of hydrogen-bond donors (Lipinski definition) is 1. The van der Waals surface area contributed by atoms with Crippen LogP contribution in [0.1, 0.15) is 43.9 Å². The van der Waals surface area contributed by atoms with Gasteiger partial charge >= 0.3 is 6.03 Å². The largest absolute Gasteiger partial charge is 0.490 e. The fourth-order valence-electron chi connectivity index (χ4n) is 4.05. The van der Waals surface area contributed by atoms with Gasteiger partial charge in [-0.2, -0.15) is 0 Å². The van der Waals surface area contributed by atoms with E-state index in [1.165, 1.54) is 6.08 Å². The van der Waals surface area contributed by atoms with Gasteiger partial charge in [0.1, 0.15) is 12.2 Å². The summed E-state index contributed by atoms with van der Waals surface area (Å²) in [7, 11) is 0. The molecule has 1 saturated heterocycles. The number of hydrogen-bond acceptors (Lipinski definition) is 7. The molecule has 0 bridgehead atoms. The van der Waals surface area contributed by atoms with Crippen molar-refractivity contribution in [3.63, 3.8) is 0 Å². The zero-order valence-electron chi connectivity index (χ0n) is 23.1. The molecule has 0 aromatic heterocycles. The lowest BCUT2D eigenvalue weighted by atomic mass is 10.0. The van der Waals surface area contributed by atoms with E-state index in [2.05, 4.69) is 17.8 Å². The van der Waals surface area contributed by atoms with Crippen molar-refractivity contribution < 1.29 is 33.3 Å². The third-order valence-corrected chi connectivity index (χ3v) is 5.73. The Hall–Kier alpha value is -4.71. The Morgan fingerprint density at radius 3 is 2.40 bits per heavy atom. The van der Waals surface area contributed by atoms with Crippen molar-refractivity contribution in [1.82, 2.24) is 10.2 Å². The van der Waals surface area contributed by atoms with Crippen molar-refractivity contribution in [3.8, 4) is 35.3 Å². The zero-order chi connectivity index (χ0) is 29.1. The summed E-state index contributed by atoms with van der Waals surface area (Å²) < 4.78 is 22.9. The van der Waals surface area contributed by atoms with Crippen LogP contribution in [0, 0.1) is 12.3 Å². The van der Waals surface area contributed by atoms with Gasteiger partial charge in [-0.15, -0.1) is 13.0 Å². The monoisotopic (exact) mass is 546 g/mol. The Labute approximate surface area is 234 Å². The molecule has 40 heavy (non-hydrogen) atoms. The predicted octanol–water partition coefficient (Wildman–Crippen LogP) is 4.68. The number of barbiturate groups is 1. The second kappa shape index (κ2) is 14.4. The van der Waals surface area contributed by atoms with Gasteiger partial charge in [0.05, 0.1) is 26.4 Å². The van der Waals surface area contributed by atoms with Crippen molar-refractivity contribution in [3.05, 3.63) is 65.3 Å². The van der Waals surface area contributed by atoms with Crippen LogP contribution in [0.5, 0.6) is 23.0 Å². The van der Waals surface area contributed by atoms with Crippen LogP contribution in [0.2, 0.25) is 0 Å². The number of nitrogens with one attached hydrogen (secondary N) is 1. The standard InChI is InChI=1S/C31H34N2O7/c1-6-11-23-16-22(19-27(38-10-5)28(23)40-15-8-3)17-24-29(34)32-31(36)33(30(24)35)20-21-12-13-25(39-14-7-2)26(18-21)37-9-4/h3,6,12-13,16-19H,1,7,9-11,14-15,20H2,2,4-5H3,(H,32,34,36)/b24-17+. The van der Waals surface area contributed by atoms with Crippen LogP contribution in [0.3, 0.4) is 0 Å². The summed E-state index contributed by atoms with van der Waals surface area (Å²) in [4.78, 5) is 39.8. The molecule has 3 rings (SSSR count). The quantitative estimate of drug-likeness (QED) is 0.159. The Bertz CT molecular complexity index is 1340. The van der Waals surface area contributed by atoms with E-state index >= 15 is 0 Å². The van der Waals surface area contributed by atoms with Gasteiger partial charge in [0.25, 0.3) is 11.8 Å². The van der Waals surface area contributed by atoms with E-state index in [1.807, 2.05) is 20.8 Å². The molecule has 1 N–H and O–H groups in total. The molecule has 2 aromatic rings. The van der Waals surface area contributed by atoms with Crippen LogP contribution in [-0.2, 0) is 22.6 Å². The maximum absolute atomic E-state index is 13.4. The molecule has 1 fully saturated rings. The third-order valence-electron chi connectivity index (χ3n) is 5.73. The topological polar surface area (TPSA) is 103 Å². The molecule has 210 valence electrons. The Morgan fingerprint density at radius 2 is 1.73 bits per heavy atom. The number of allylic oxidation sites excluding steroid dienone is 1. The van der Waals surface area contributed by atoms with Crippen molar-refractivity contribution in [2.75, 3.05) is 26.4 Å². The first-order chi connectivity index (χ1) is 19.4. The average Bonchev–Trinajstić information content (AvgIpc) is 2.93. The minimum Gasteiger partial charge on any atom is -0.490 e. The molecule has 2 aromatic carbocycles. The summed E-state index contributed by atoms with van der Waals surface area (Å²) in [5.74, 6) is 2.88. The van der Waals surface area contributed by atoms with Crippen LogP contribution < -0.4 is 24.3 Å². The first-order valence-corrected chi connectivity index (χ1v) is 13.1. The van der Waals surface area contributed by atoms with Crippen LogP contribution in [0.25, 0.3) is 6.08 Å². The molecule has 0 atom stereocenters. The maximum atomic E-state index is 13.4. The molecule has 1 aliphatic heterocycles. The van der Waals surface area contributed by atoms with Crippen LogP contribution in [0.15, 0.2) is 48.6 Å². The molecular formula is C31H34N2O7. The number of carbonyl (C=O) groups is 3. The van der Waals surface area contributed by atoms with E-state index in [9.17, 15) is 14.4 Å². The fourth-order valence-corrected chi connectivity index (χ4v) is 4.05. The van der Waals surface area contributed by atoms with Crippen molar-refractivity contribution in [2.45, 2.75) is 40.2 Å². The smallest absolute Gasteiger partial charge is 0.331 e. The summed E-state index contributed by atoms with van der Waals surface area (Å²) in [5.41, 5.74) is 1.66. The highest BCUT2D eigenvalue weighted by molar-refractivity contribution is 6.31. The number of amides is 4. The summed E-state index contributed by atoms with van der Waals surface area (Å²) in [5, 5.41) is 2.26. The number of imide groups is 2. The number of ether oxygens (including phenoxy) is 4. The maximum Gasteiger partial charge on any atom is 0.331 e. The van der Waals surface area contributed by atoms with Gasteiger partial charge in [-0.05, 0) is 68.2 Å².